The summed E-state index contributed by atoms with van der Waals surface area (Å²) in [6.45, 7) is 0. The Morgan fingerprint density at radius 1 is 1.44 bits per heavy atom. The maximum absolute atomic E-state index is 12.4. The Bertz CT molecular complexity index is 442. The van der Waals surface area contributed by atoms with E-state index in [1.165, 1.54) is 6.07 Å². The minimum atomic E-state index is -4.40. The van der Waals surface area contributed by atoms with Gasteiger partial charge in [0.05, 0.1) is 5.56 Å². The van der Waals surface area contributed by atoms with Gasteiger partial charge in [-0.3, -0.25) is 0 Å². The monoisotopic (exact) mass is 231 g/mol. The molecule has 2 rings (SSSR count). The van der Waals surface area contributed by atoms with E-state index in [1.54, 1.807) is 0 Å². The molecule has 0 spiro atoms. The lowest BCUT2D eigenvalue weighted by atomic mass is 10.1. The van der Waals surface area contributed by atoms with E-state index in [1.807, 2.05) is 0 Å². The first-order valence-corrected chi connectivity index (χ1v) is 4.57. The van der Waals surface area contributed by atoms with E-state index in [4.69, 9.17) is 5.11 Å². The highest BCUT2D eigenvalue weighted by molar-refractivity contribution is 5.81. The number of carbonyl (C=O) groups is 1. The molecule has 1 aliphatic heterocycles. The molecule has 86 valence electrons. The summed E-state index contributed by atoms with van der Waals surface area (Å²) in [5, 5.41) is 11.3. The fourth-order valence-electron chi connectivity index (χ4n) is 1.67. The van der Waals surface area contributed by atoms with Gasteiger partial charge >= 0.3 is 12.1 Å². The van der Waals surface area contributed by atoms with E-state index >= 15 is 0 Å². The van der Waals surface area contributed by atoms with Crippen molar-refractivity contribution in [2.45, 2.75) is 18.6 Å². The summed E-state index contributed by atoms with van der Waals surface area (Å²) >= 11 is 0. The molecule has 1 aliphatic rings. The lowest BCUT2D eigenvalue weighted by Gasteiger charge is -2.08. The molecule has 1 aromatic rings. The highest BCUT2D eigenvalue weighted by atomic mass is 19.4. The van der Waals surface area contributed by atoms with Crippen LogP contribution in [0.15, 0.2) is 18.2 Å². The zero-order chi connectivity index (χ0) is 11.9. The molecule has 0 aliphatic carbocycles. The van der Waals surface area contributed by atoms with Gasteiger partial charge in [-0.05, 0) is 17.7 Å². The van der Waals surface area contributed by atoms with E-state index in [-0.39, 0.29) is 12.1 Å². The van der Waals surface area contributed by atoms with Crippen LogP contribution in [0.1, 0.15) is 11.1 Å². The normalized spacial score (nSPS) is 19.1. The Labute approximate surface area is 88.9 Å². The number of benzene rings is 1. The van der Waals surface area contributed by atoms with E-state index < -0.39 is 23.8 Å². The van der Waals surface area contributed by atoms with E-state index in [0.29, 0.717) is 5.56 Å². The number of carboxylic acid groups (broad SMARTS) is 1. The largest absolute Gasteiger partial charge is 0.480 e. The summed E-state index contributed by atoms with van der Waals surface area (Å²) in [6, 6.07) is 2.38. The van der Waals surface area contributed by atoms with Crippen molar-refractivity contribution in [1.29, 1.82) is 0 Å². The first-order valence-electron chi connectivity index (χ1n) is 4.57. The molecule has 1 heterocycles. The fourth-order valence-corrected chi connectivity index (χ4v) is 1.67. The van der Waals surface area contributed by atoms with Crippen LogP contribution in [-0.2, 0) is 17.4 Å². The highest BCUT2D eigenvalue weighted by Crippen LogP contribution is 2.34. The summed E-state index contributed by atoms with van der Waals surface area (Å²) in [6.07, 6.45) is -4.19. The second-order valence-electron chi connectivity index (χ2n) is 3.61. The maximum Gasteiger partial charge on any atom is 0.416 e. The van der Waals surface area contributed by atoms with Gasteiger partial charge < -0.3 is 10.4 Å². The SMILES string of the molecule is O=C(O)C1Cc2ccc(C(F)(F)F)cc2N1. The highest BCUT2D eigenvalue weighted by Gasteiger charge is 2.33. The number of aliphatic carboxylic acids is 1. The van der Waals surface area contributed by atoms with Gasteiger partial charge in [-0.2, -0.15) is 13.2 Å². The lowest BCUT2D eigenvalue weighted by molar-refractivity contribution is -0.138. The summed E-state index contributed by atoms with van der Waals surface area (Å²) in [5.41, 5.74) is 0.0763. The van der Waals surface area contributed by atoms with Crippen LogP contribution in [0.25, 0.3) is 0 Å². The Morgan fingerprint density at radius 2 is 2.12 bits per heavy atom. The van der Waals surface area contributed by atoms with Gasteiger partial charge in [0.25, 0.3) is 0 Å². The zero-order valence-electron chi connectivity index (χ0n) is 8.01. The van der Waals surface area contributed by atoms with Gasteiger partial charge in [0.1, 0.15) is 6.04 Å². The molecule has 6 heteroatoms. The van der Waals surface area contributed by atoms with Crippen molar-refractivity contribution in [2.24, 2.45) is 0 Å². The van der Waals surface area contributed by atoms with Crippen molar-refractivity contribution in [3.8, 4) is 0 Å². The number of nitrogens with one attached hydrogen (secondary N) is 1. The molecule has 0 radical (unpaired) electrons. The van der Waals surface area contributed by atoms with Crippen LogP contribution in [0, 0.1) is 0 Å². The van der Waals surface area contributed by atoms with E-state index in [0.717, 1.165) is 12.1 Å². The minimum Gasteiger partial charge on any atom is -0.480 e. The number of halogens is 3. The van der Waals surface area contributed by atoms with Crippen molar-refractivity contribution < 1.29 is 23.1 Å². The predicted octanol–water partition coefficient (Wildman–Crippen LogP) is 2.13. The molecule has 0 bridgehead atoms. The van der Waals surface area contributed by atoms with Gasteiger partial charge in [-0.25, -0.2) is 4.79 Å². The van der Waals surface area contributed by atoms with Crippen LogP contribution >= 0.6 is 0 Å². The summed E-state index contributed by atoms with van der Waals surface area (Å²) < 4.78 is 37.1. The lowest BCUT2D eigenvalue weighted by Crippen LogP contribution is -2.26. The van der Waals surface area contributed by atoms with Crippen molar-refractivity contribution in [3.63, 3.8) is 0 Å². The molecule has 1 atom stereocenters. The molecule has 0 amide bonds. The van der Waals surface area contributed by atoms with Crippen LogP contribution in [0.3, 0.4) is 0 Å². The molecular weight excluding hydrogens is 223 g/mol. The number of anilines is 1. The summed E-state index contributed by atoms with van der Waals surface area (Å²) in [5.74, 6) is -1.07. The third-order valence-corrected chi connectivity index (χ3v) is 2.49. The molecule has 0 aromatic heterocycles. The van der Waals surface area contributed by atoms with Crippen LogP contribution in [0.2, 0.25) is 0 Å². The number of rotatable bonds is 1. The number of fused-ring (bicyclic) bond motifs is 1. The molecule has 0 saturated carbocycles. The standard InChI is InChI=1S/C10H8F3NO2/c11-10(12,13)6-2-1-5-3-8(9(15)16)14-7(5)4-6/h1-2,4,8,14H,3H2,(H,15,16). The van der Waals surface area contributed by atoms with Crippen LogP contribution < -0.4 is 5.32 Å². The Hall–Kier alpha value is -1.72. The summed E-state index contributed by atoms with van der Waals surface area (Å²) in [4.78, 5) is 10.7. The molecule has 0 fully saturated rings. The van der Waals surface area contributed by atoms with Crippen LogP contribution in [0.5, 0.6) is 0 Å². The van der Waals surface area contributed by atoms with Crippen molar-refractivity contribution in [2.75, 3.05) is 5.32 Å². The second kappa shape index (κ2) is 3.40. The fraction of sp³-hybridized carbons (Fsp3) is 0.300. The number of hydrogen-bond donors (Lipinski definition) is 2. The smallest absolute Gasteiger partial charge is 0.416 e. The van der Waals surface area contributed by atoms with Crippen molar-refractivity contribution >= 4 is 11.7 Å². The average Bonchev–Trinajstić information content (AvgIpc) is 2.58. The van der Waals surface area contributed by atoms with Crippen molar-refractivity contribution in [3.05, 3.63) is 29.3 Å². The minimum absolute atomic E-state index is 0.211. The van der Waals surface area contributed by atoms with Gasteiger partial charge in [-0.15, -0.1) is 0 Å². The number of carboxylic acids is 1. The van der Waals surface area contributed by atoms with E-state index in [2.05, 4.69) is 5.32 Å². The molecular formula is C10H8F3NO2. The number of hydrogen-bond acceptors (Lipinski definition) is 2. The predicted molar refractivity (Wildman–Crippen MR) is 50.2 cm³/mol. The molecule has 1 aromatic carbocycles. The third kappa shape index (κ3) is 1.82. The Kier molecular flexibility index (Phi) is 2.29. The van der Waals surface area contributed by atoms with E-state index in [9.17, 15) is 18.0 Å². The molecule has 2 N–H and O–H groups in total. The first-order chi connectivity index (χ1) is 7.38. The first kappa shape index (κ1) is 10.8. The molecule has 3 nitrogen and oxygen atoms in total. The Balaban J connectivity index is 2.31. The van der Waals surface area contributed by atoms with Gasteiger partial charge in [-0.1, -0.05) is 6.07 Å². The van der Waals surface area contributed by atoms with Crippen molar-refractivity contribution in [1.82, 2.24) is 0 Å². The maximum atomic E-state index is 12.4. The van der Waals surface area contributed by atoms with Crippen LogP contribution in [0.4, 0.5) is 18.9 Å². The van der Waals surface area contributed by atoms with Gasteiger partial charge in [0.2, 0.25) is 0 Å². The molecule has 1 unspecified atom stereocenters. The molecule has 0 saturated heterocycles. The van der Waals surface area contributed by atoms with Gasteiger partial charge in [0.15, 0.2) is 0 Å². The number of alkyl halides is 3. The molecule has 16 heavy (non-hydrogen) atoms. The van der Waals surface area contributed by atoms with Crippen LogP contribution in [-0.4, -0.2) is 17.1 Å². The Morgan fingerprint density at radius 3 is 2.69 bits per heavy atom. The quantitative estimate of drug-likeness (QED) is 0.778. The topological polar surface area (TPSA) is 49.3 Å². The third-order valence-electron chi connectivity index (χ3n) is 2.49. The summed E-state index contributed by atoms with van der Waals surface area (Å²) in [7, 11) is 0. The van der Waals surface area contributed by atoms with Gasteiger partial charge in [0, 0.05) is 12.1 Å². The average molecular weight is 231 g/mol. The second-order valence-corrected chi connectivity index (χ2v) is 3.61. The zero-order valence-corrected chi connectivity index (χ0v) is 8.01.